The van der Waals surface area contributed by atoms with Crippen LogP contribution < -0.4 is 16.0 Å². The molecule has 1 fully saturated rings. The second-order valence-electron chi connectivity index (χ2n) is 10.1. The molecule has 8 heteroatoms. The molecular formula is C31H33N3O5. The third-order valence-corrected chi connectivity index (χ3v) is 7.61. The number of amides is 3. The van der Waals surface area contributed by atoms with Gasteiger partial charge in [0.1, 0.15) is 12.6 Å². The summed E-state index contributed by atoms with van der Waals surface area (Å²) in [5.74, 6) is -0.871. The molecule has 0 saturated heterocycles. The van der Waals surface area contributed by atoms with E-state index in [0.717, 1.165) is 53.5 Å². The zero-order chi connectivity index (χ0) is 27.2. The standard InChI is InChI=1S/C31H33N3O5/c35-18-20-13-15-22(16-14-20)33-28(36)17-32-30(37)29(21-7-1-2-8-21)34-31(38)39-19-27-25-11-5-3-9-23(25)24-10-4-6-12-26(24)27/h3-6,9-16,21,27,29,35H,1-2,7-8,17-19H2,(H,32,37)(H,33,36)(H,34,38). The van der Waals surface area contributed by atoms with E-state index in [1.807, 2.05) is 24.3 Å². The van der Waals surface area contributed by atoms with Crippen molar-refractivity contribution < 1.29 is 24.2 Å². The van der Waals surface area contributed by atoms with E-state index >= 15 is 0 Å². The number of carbonyl (C=O) groups excluding carboxylic acids is 3. The van der Waals surface area contributed by atoms with E-state index in [9.17, 15) is 14.4 Å². The summed E-state index contributed by atoms with van der Waals surface area (Å²) in [7, 11) is 0. The van der Waals surface area contributed by atoms with Gasteiger partial charge in [-0.1, -0.05) is 73.5 Å². The summed E-state index contributed by atoms with van der Waals surface area (Å²) >= 11 is 0. The third-order valence-electron chi connectivity index (χ3n) is 7.61. The number of nitrogens with one attached hydrogen (secondary N) is 3. The van der Waals surface area contributed by atoms with Crippen molar-refractivity contribution in [2.24, 2.45) is 5.92 Å². The van der Waals surface area contributed by atoms with Gasteiger partial charge in [0.2, 0.25) is 11.8 Å². The normalized spacial score (nSPS) is 15.2. The quantitative estimate of drug-likeness (QED) is 0.331. The van der Waals surface area contributed by atoms with Gasteiger partial charge in [-0.25, -0.2) is 4.79 Å². The van der Waals surface area contributed by atoms with Crippen molar-refractivity contribution in [2.45, 2.75) is 44.2 Å². The van der Waals surface area contributed by atoms with Crippen LogP contribution in [0.25, 0.3) is 11.1 Å². The molecule has 39 heavy (non-hydrogen) atoms. The Labute approximate surface area is 227 Å². The van der Waals surface area contributed by atoms with Gasteiger partial charge in [-0.15, -0.1) is 0 Å². The number of benzene rings is 3. The summed E-state index contributed by atoms with van der Waals surface area (Å²) in [5, 5.41) is 17.3. The van der Waals surface area contributed by atoms with E-state index in [1.165, 1.54) is 0 Å². The molecule has 4 N–H and O–H groups in total. The average Bonchev–Trinajstić information content (AvgIpc) is 3.61. The summed E-state index contributed by atoms with van der Waals surface area (Å²) in [6.07, 6.45) is 2.99. The Bertz CT molecular complexity index is 1290. The summed E-state index contributed by atoms with van der Waals surface area (Å²) < 4.78 is 5.68. The molecule has 2 aliphatic carbocycles. The highest BCUT2D eigenvalue weighted by Gasteiger charge is 2.34. The summed E-state index contributed by atoms with van der Waals surface area (Å²) in [6, 6.07) is 22.3. The van der Waals surface area contributed by atoms with Crippen LogP contribution in [0, 0.1) is 5.92 Å². The fraction of sp³-hybridized carbons (Fsp3) is 0.323. The van der Waals surface area contributed by atoms with Crippen LogP contribution in [-0.4, -0.2) is 42.2 Å². The maximum absolute atomic E-state index is 13.1. The Hall–Kier alpha value is -4.17. The summed E-state index contributed by atoms with van der Waals surface area (Å²) in [4.78, 5) is 38.4. The number of fused-ring (bicyclic) bond motifs is 3. The summed E-state index contributed by atoms with van der Waals surface area (Å²) in [5.41, 5.74) is 5.83. The van der Waals surface area contributed by atoms with Crippen LogP contribution in [-0.2, 0) is 20.9 Å². The van der Waals surface area contributed by atoms with Crippen molar-refractivity contribution >= 4 is 23.6 Å². The molecule has 5 rings (SSSR count). The molecule has 1 unspecified atom stereocenters. The number of hydrogen-bond donors (Lipinski definition) is 4. The van der Waals surface area contributed by atoms with Crippen molar-refractivity contribution in [1.29, 1.82) is 0 Å². The molecule has 3 amide bonds. The second kappa shape index (κ2) is 12.1. The van der Waals surface area contributed by atoms with Crippen LogP contribution in [0.2, 0.25) is 0 Å². The highest BCUT2D eigenvalue weighted by molar-refractivity contribution is 5.95. The molecule has 0 spiro atoms. The van der Waals surface area contributed by atoms with Crippen molar-refractivity contribution in [3.05, 3.63) is 89.5 Å². The Morgan fingerprint density at radius 2 is 1.49 bits per heavy atom. The van der Waals surface area contributed by atoms with Gasteiger partial charge in [-0.05, 0) is 58.7 Å². The molecule has 2 aliphatic rings. The van der Waals surface area contributed by atoms with Crippen LogP contribution in [0.15, 0.2) is 72.8 Å². The molecule has 3 aromatic carbocycles. The van der Waals surface area contributed by atoms with Crippen LogP contribution in [0.3, 0.4) is 0 Å². The van der Waals surface area contributed by atoms with E-state index in [2.05, 4.69) is 40.2 Å². The van der Waals surface area contributed by atoms with Crippen LogP contribution >= 0.6 is 0 Å². The van der Waals surface area contributed by atoms with E-state index in [-0.39, 0.29) is 37.5 Å². The highest BCUT2D eigenvalue weighted by Crippen LogP contribution is 2.44. The van der Waals surface area contributed by atoms with Gasteiger partial charge >= 0.3 is 6.09 Å². The summed E-state index contributed by atoms with van der Waals surface area (Å²) in [6.45, 7) is -0.143. The number of aliphatic hydroxyl groups is 1. The second-order valence-corrected chi connectivity index (χ2v) is 10.1. The van der Waals surface area contributed by atoms with E-state index in [0.29, 0.717) is 5.69 Å². The number of alkyl carbamates (subject to hydrolysis) is 1. The lowest BCUT2D eigenvalue weighted by Gasteiger charge is -2.24. The third kappa shape index (κ3) is 6.12. The van der Waals surface area contributed by atoms with Gasteiger partial charge in [0.05, 0.1) is 13.2 Å². The lowest BCUT2D eigenvalue weighted by atomic mass is 9.97. The Morgan fingerprint density at radius 3 is 2.10 bits per heavy atom. The van der Waals surface area contributed by atoms with Crippen LogP contribution in [0.4, 0.5) is 10.5 Å². The van der Waals surface area contributed by atoms with E-state index in [4.69, 9.17) is 9.84 Å². The first kappa shape index (κ1) is 26.4. The van der Waals surface area contributed by atoms with Crippen molar-refractivity contribution in [3.63, 3.8) is 0 Å². The van der Waals surface area contributed by atoms with Gasteiger partial charge in [0.25, 0.3) is 0 Å². The number of carbonyl (C=O) groups is 3. The molecule has 3 aromatic rings. The number of ether oxygens (including phenoxy) is 1. The minimum Gasteiger partial charge on any atom is -0.449 e. The fourth-order valence-electron chi connectivity index (χ4n) is 5.63. The van der Waals surface area contributed by atoms with Gasteiger partial charge < -0.3 is 25.8 Å². The topological polar surface area (TPSA) is 117 Å². The lowest BCUT2D eigenvalue weighted by molar-refractivity contribution is -0.126. The minimum atomic E-state index is -0.778. The maximum atomic E-state index is 13.1. The first-order valence-electron chi connectivity index (χ1n) is 13.4. The Balaban J connectivity index is 1.18. The molecule has 202 valence electrons. The number of anilines is 1. The van der Waals surface area contributed by atoms with Crippen molar-refractivity contribution in [3.8, 4) is 11.1 Å². The lowest BCUT2D eigenvalue weighted by Crippen LogP contribution is -2.51. The van der Waals surface area contributed by atoms with Gasteiger partial charge in [0.15, 0.2) is 0 Å². The smallest absolute Gasteiger partial charge is 0.407 e. The van der Waals surface area contributed by atoms with Gasteiger partial charge in [0, 0.05) is 11.6 Å². The zero-order valence-corrected chi connectivity index (χ0v) is 21.7. The van der Waals surface area contributed by atoms with Gasteiger partial charge in [-0.3, -0.25) is 9.59 Å². The first-order valence-corrected chi connectivity index (χ1v) is 13.4. The van der Waals surface area contributed by atoms with Crippen molar-refractivity contribution in [2.75, 3.05) is 18.5 Å². The molecule has 1 atom stereocenters. The predicted molar refractivity (Wildman–Crippen MR) is 148 cm³/mol. The Kier molecular flexibility index (Phi) is 8.22. The molecule has 0 heterocycles. The van der Waals surface area contributed by atoms with Crippen LogP contribution in [0.1, 0.15) is 48.3 Å². The minimum absolute atomic E-state index is 0.0143. The first-order chi connectivity index (χ1) is 19.0. The predicted octanol–water partition coefficient (Wildman–Crippen LogP) is 4.33. The highest BCUT2D eigenvalue weighted by atomic mass is 16.5. The average molecular weight is 528 g/mol. The molecule has 0 aliphatic heterocycles. The number of hydrogen-bond acceptors (Lipinski definition) is 5. The SMILES string of the molecule is O=C(CNC(=O)C(NC(=O)OCC1c2ccccc2-c2ccccc21)C1CCCC1)Nc1ccc(CO)cc1. The monoisotopic (exact) mass is 527 g/mol. The number of aliphatic hydroxyl groups excluding tert-OH is 1. The van der Waals surface area contributed by atoms with Crippen molar-refractivity contribution in [1.82, 2.24) is 10.6 Å². The molecule has 8 nitrogen and oxygen atoms in total. The molecular weight excluding hydrogens is 494 g/mol. The molecule has 0 radical (unpaired) electrons. The fourth-order valence-corrected chi connectivity index (χ4v) is 5.63. The van der Waals surface area contributed by atoms with Gasteiger partial charge in [-0.2, -0.15) is 0 Å². The molecule has 0 bridgehead atoms. The van der Waals surface area contributed by atoms with Crippen LogP contribution in [0.5, 0.6) is 0 Å². The maximum Gasteiger partial charge on any atom is 0.407 e. The van der Waals surface area contributed by atoms with E-state index in [1.54, 1.807) is 24.3 Å². The largest absolute Gasteiger partial charge is 0.449 e. The zero-order valence-electron chi connectivity index (χ0n) is 21.7. The van der Waals surface area contributed by atoms with E-state index < -0.39 is 18.0 Å². The number of rotatable bonds is 9. The molecule has 0 aromatic heterocycles. The molecule has 1 saturated carbocycles. The Morgan fingerprint density at radius 1 is 0.872 bits per heavy atom.